The first-order chi connectivity index (χ1) is 10.9. The van der Waals surface area contributed by atoms with Crippen LogP contribution in [0.1, 0.15) is 15.9 Å². The van der Waals surface area contributed by atoms with Crippen LogP contribution in [0.25, 0.3) is 0 Å². The van der Waals surface area contributed by atoms with Gasteiger partial charge in [0.25, 0.3) is 5.91 Å². The van der Waals surface area contributed by atoms with E-state index < -0.39 is 17.6 Å². The number of carbonyl (C=O) groups is 2. The van der Waals surface area contributed by atoms with E-state index in [1.54, 1.807) is 12.1 Å². The summed E-state index contributed by atoms with van der Waals surface area (Å²) in [6, 6.07) is 10.4. The molecule has 0 saturated heterocycles. The molecule has 0 aliphatic rings. The summed E-state index contributed by atoms with van der Waals surface area (Å²) in [6.45, 7) is -0.369. The second kappa shape index (κ2) is 6.95. The summed E-state index contributed by atoms with van der Waals surface area (Å²) >= 11 is 0. The smallest absolute Gasteiger partial charge is 0.416 e. The number of alkyl halides is 3. The van der Waals surface area contributed by atoms with E-state index in [2.05, 4.69) is 5.32 Å². The van der Waals surface area contributed by atoms with Gasteiger partial charge in [-0.1, -0.05) is 12.1 Å². The van der Waals surface area contributed by atoms with Crippen LogP contribution in [0.15, 0.2) is 48.5 Å². The summed E-state index contributed by atoms with van der Waals surface area (Å²) in [5.74, 6) is -0.296. The summed E-state index contributed by atoms with van der Waals surface area (Å²) in [5, 5.41) is 2.41. The van der Waals surface area contributed by atoms with Crippen LogP contribution in [0, 0.1) is 0 Å². The molecule has 0 saturated carbocycles. The Hall–Kier alpha value is -2.83. The SMILES string of the molecule is O=Cc1ccccc1OCC(=O)Nc1ccc(C(F)(F)F)cc1. The normalized spacial score (nSPS) is 10.9. The van der Waals surface area contributed by atoms with Crippen LogP contribution in [0.2, 0.25) is 0 Å². The molecule has 4 nitrogen and oxygen atoms in total. The van der Waals surface area contributed by atoms with E-state index in [9.17, 15) is 22.8 Å². The van der Waals surface area contributed by atoms with Crippen molar-refractivity contribution < 1.29 is 27.5 Å². The van der Waals surface area contributed by atoms with Gasteiger partial charge in [-0.25, -0.2) is 0 Å². The third kappa shape index (κ3) is 4.57. The number of benzene rings is 2. The molecule has 1 amide bonds. The largest absolute Gasteiger partial charge is 0.483 e. The van der Waals surface area contributed by atoms with E-state index >= 15 is 0 Å². The molecule has 0 aromatic heterocycles. The molecule has 0 atom stereocenters. The lowest BCUT2D eigenvalue weighted by Gasteiger charge is -2.10. The topological polar surface area (TPSA) is 55.4 Å². The molecule has 7 heteroatoms. The number of nitrogens with one attached hydrogen (secondary N) is 1. The first-order valence-electron chi connectivity index (χ1n) is 6.54. The molecule has 1 N–H and O–H groups in total. The maximum Gasteiger partial charge on any atom is 0.416 e. The molecule has 2 rings (SSSR count). The van der Waals surface area contributed by atoms with E-state index in [1.165, 1.54) is 12.1 Å². The Morgan fingerprint density at radius 1 is 1.09 bits per heavy atom. The van der Waals surface area contributed by atoms with Crippen LogP contribution >= 0.6 is 0 Å². The molecule has 23 heavy (non-hydrogen) atoms. The first-order valence-corrected chi connectivity index (χ1v) is 6.54. The van der Waals surface area contributed by atoms with Crippen molar-refractivity contribution in [3.8, 4) is 5.75 Å². The lowest BCUT2D eigenvalue weighted by molar-refractivity contribution is -0.137. The number of rotatable bonds is 5. The van der Waals surface area contributed by atoms with Crippen molar-refractivity contribution >= 4 is 17.9 Å². The minimum Gasteiger partial charge on any atom is -0.483 e. The lowest BCUT2D eigenvalue weighted by Crippen LogP contribution is -2.20. The monoisotopic (exact) mass is 323 g/mol. The van der Waals surface area contributed by atoms with E-state index in [1.807, 2.05) is 0 Å². The number of carbonyl (C=O) groups excluding carboxylic acids is 2. The molecule has 0 aliphatic heterocycles. The molecule has 0 unspecified atom stereocenters. The Morgan fingerprint density at radius 2 is 1.74 bits per heavy atom. The van der Waals surface area contributed by atoms with Crippen molar-refractivity contribution in [2.45, 2.75) is 6.18 Å². The van der Waals surface area contributed by atoms with E-state index in [-0.39, 0.29) is 18.0 Å². The fourth-order valence-corrected chi connectivity index (χ4v) is 1.79. The zero-order valence-corrected chi connectivity index (χ0v) is 11.8. The summed E-state index contributed by atoms with van der Waals surface area (Å²) in [4.78, 5) is 22.5. The van der Waals surface area contributed by atoms with Gasteiger partial charge in [-0.3, -0.25) is 9.59 Å². The Kier molecular flexibility index (Phi) is 5.00. The van der Waals surface area contributed by atoms with Crippen molar-refractivity contribution in [2.75, 3.05) is 11.9 Å². The predicted molar refractivity (Wildman–Crippen MR) is 77.4 cm³/mol. The van der Waals surface area contributed by atoms with Gasteiger partial charge in [0.1, 0.15) is 5.75 Å². The molecular weight excluding hydrogens is 311 g/mol. The summed E-state index contributed by atoms with van der Waals surface area (Å²) in [7, 11) is 0. The minimum absolute atomic E-state index is 0.218. The van der Waals surface area contributed by atoms with Crippen molar-refractivity contribution in [2.24, 2.45) is 0 Å². The molecule has 2 aromatic carbocycles. The minimum atomic E-state index is -4.43. The Labute approximate surface area is 129 Å². The highest BCUT2D eigenvalue weighted by Gasteiger charge is 2.29. The number of ether oxygens (including phenoxy) is 1. The van der Waals surface area contributed by atoms with Crippen LogP contribution < -0.4 is 10.1 Å². The van der Waals surface area contributed by atoms with Gasteiger partial charge in [-0.05, 0) is 36.4 Å². The fraction of sp³-hybridized carbons (Fsp3) is 0.125. The number of hydrogen-bond donors (Lipinski definition) is 1. The van der Waals surface area contributed by atoms with Crippen LogP contribution in [-0.4, -0.2) is 18.8 Å². The highest BCUT2D eigenvalue weighted by atomic mass is 19.4. The first kappa shape index (κ1) is 16.5. The highest BCUT2D eigenvalue weighted by molar-refractivity contribution is 5.92. The molecule has 0 heterocycles. The molecule has 0 aliphatic carbocycles. The zero-order valence-electron chi connectivity index (χ0n) is 11.8. The van der Waals surface area contributed by atoms with Gasteiger partial charge in [0.2, 0.25) is 0 Å². The average Bonchev–Trinajstić information content (AvgIpc) is 2.53. The highest BCUT2D eigenvalue weighted by Crippen LogP contribution is 2.29. The molecular formula is C16H12F3NO3. The summed E-state index contributed by atoms with van der Waals surface area (Å²) in [6.07, 6.45) is -3.83. The lowest BCUT2D eigenvalue weighted by atomic mass is 10.2. The second-order valence-corrected chi connectivity index (χ2v) is 4.57. The van der Waals surface area contributed by atoms with Gasteiger partial charge in [0.05, 0.1) is 11.1 Å². The van der Waals surface area contributed by atoms with Gasteiger partial charge in [0.15, 0.2) is 12.9 Å². The van der Waals surface area contributed by atoms with Crippen LogP contribution in [0.4, 0.5) is 18.9 Å². The number of amides is 1. The Bertz CT molecular complexity index is 696. The van der Waals surface area contributed by atoms with Crippen molar-refractivity contribution in [1.82, 2.24) is 0 Å². The maximum atomic E-state index is 12.4. The van der Waals surface area contributed by atoms with E-state index in [4.69, 9.17) is 4.74 Å². The van der Waals surface area contributed by atoms with Gasteiger partial charge in [-0.2, -0.15) is 13.2 Å². The number of hydrogen-bond acceptors (Lipinski definition) is 3. The third-order valence-electron chi connectivity index (χ3n) is 2.90. The number of para-hydroxylation sites is 1. The van der Waals surface area contributed by atoms with Crippen LogP contribution in [0.3, 0.4) is 0 Å². The van der Waals surface area contributed by atoms with Crippen LogP contribution in [0.5, 0.6) is 5.75 Å². The average molecular weight is 323 g/mol. The van der Waals surface area contributed by atoms with Crippen molar-refractivity contribution in [3.63, 3.8) is 0 Å². The number of aldehydes is 1. The zero-order chi connectivity index (χ0) is 16.9. The van der Waals surface area contributed by atoms with E-state index in [0.29, 0.717) is 11.8 Å². The maximum absolute atomic E-state index is 12.4. The molecule has 2 aromatic rings. The summed E-state index contributed by atoms with van der Waals surface area (Å²) in [5.41, 5.74) is -0.281. The van der Waals surface area contributed by atoms with Gasteiger partial charge >= 0.3 is 6.18 Å². The quantitative estimate of drug-likeness (QED) is 0.856. The van der Waals surface area contributed by atoms with E-state index in [0.717, 1.165) is 24.3 Å². The molecule has 0 radical (unpaired) electrons. The van der Waals surface area contributed by atoms with Gasteiger partial charge < -0.3 is 10.1 Å². The molecule has 0 fully saturated rings. The Morgan fingerprint density at radius 3 is 2.35 bits per heavy atom. The van der Waals surface area contributed by atoms with Gasteiger partial charge in [0, 0.05) is 5.69 Å². The fourth-order valence-electron chi connectivity index (χ4n) is 1.79. The van der Waals surface area contributed by atoms with Crippen molar-refractivity contribution in [3.05, 3.63) is 59.7 Å². The predicted octanol–water partition coefficient (Wildman–Crippen LogP) is 3.54. The molecule has 0 bridgehead atoms. The second-order valence-electron chi connectivity index (χ2n) is 4.57. The number of anilines is 1. The third-order valence-corrected chi connectivity index (χ3v) is 2.90. The van der Waals surface area contributed by atoms with Crippen molar-refractivity contribution in [1.29, 1.82) is 0 Å². The van der Waals surface area contributed by atoms with Crippen LogP contribution in [-0.2, 0) is 11.0 Å². The standard InChI is InChI=1S/C16H12F3NO3/c17-16(18,19)12-5-7-13(8-6-12)20-15(22)10-23-14-4-2-1-3-11(14)9-21/h1-9H,10H2,(H,20,22). The van der Waals surface area contributed by atoms with Gasteiger partial charge in [-0.15, -0.1) is 0 Å². The molecule has 0 spiro atoms. The molecule has 120 valence electrons. The summed E-state index contributed by atoms with van der Waals surface area (Å²) < 4.78 is 42.5. The Balaban J connectivity index is 1.93. The number of halogens is 3.